The van der Waals surface area contributed by atoms with Gasteiger partial charge in [0.1, 0.15) is 0 Å². The van der Waals surface area contributed by atoms with Gasteiger partial charge >= 0.3 is 0 Å². The van der Waals surface area contributed by atoms with Crippen molar-refractivity contribution >= 4 is 0 Å². The zero-order valence-electron chi connectivity index (χ0n) is 18.8. The van der Waals surface area contributed by atoms with Crippen LogP contribution in [-0.2, 0) is 0 Å². The van der Waals surface area contributed by atoms with E-state index in [4.69, 9.17) is 0 Å². The quantitative estimate of drug-likeness (QED) is 0.474. The molecule has 1 saturated carbocycles. The van der Waals surface area contributed by atoms with Crippen LogP contribution in [0.4, 0.5) is 0 Å². The summed E-state index contributed by atoms with van der Waals surface area (Å²) in [4.78, 5) is 0. The summed E-state index contributed by atoms with van der Waals surface area (Å²) in [6.07, 6.45) is 9.39. The highest BCUT2D eigenvalue weighted by Gasteiger charge is 2.49. The zero-order chi connectivity index (χ0) is 19.1. The summed E-state index contributed by atoms with van der Waals surface area (Å²) in [5.74, 6) is 1.55. The van der Waals surface area contributed by atoms with E-state index in [0.29, 0.717) is 16.7 Å². The molecule has 0 aliphatic heterocycles. The second kappa shape index (κ2) is 9.83. The molecule has 0 bridgehead atoms. The Labute approximate surface area is 154 Å². The van der Waals surface area contributed by atoms with Crippen molar-refractivity contribution in [3.8, 4) is 0 Å². The summed E-state index contributed by atoms with van der Waals surface area (Å²) in [5.41, 5.74) is 5.85. The van der Waals surface area contributed by atoms with Gasteiger partial charge in [0.25, 0.3) is 0 Å². The predicted octanol–water partition coefficient (Wildman–Crippen LogP) is 8.58. The summed E-state index contributed by atoms with van der Waals surface area (Å²) in [5, 5.41) is 0. The van der Waals surface area contributed by atoms with Crippen LogP contribution in [0.2, 0.25) is 0 Å². The summed E-state index contributed by atoms with van der Waals surface area (Å²) in [6, 6.07) is 0. The van der Waals surface area contributed by atoms with Gasteiger partial charge in [-0.05, 0) is 67.8 Å². The van der Waals surface area contributed by atoms with Gasteiger partial charge in [0.05, 0.1) is 0 Å². The molecule has 0 spiro atoms. The van der Waals surface area contributed by atoms with Crippen molar-refractivity contribution in [1.29, 1.82) is 0 Å². The third kappa shape index (κ3) is 4.99. The minimum Gasteiger partial charge on any atom is -0.0705 e. The van der Waals surface area contributed by atoms with E-state index in [1.54, 1.807) is 11.1 Å². The van der Waals surface area contributed by atoms with Gasteiger partial charge in [0, 0.05) is 0 Å². The Balaban J connectivity index is 0.00000123. The third-order valence-electron chi connectivity index (χ3n) is 6.58. The first-order valence-electron chi connectivity index (χ1n) is 10.6. The van der Waals surface area contributed by atoms with Gasteiger partial charge in [0.2, 0.25) is 0 Å². The molecular formula is C24H46. The topological polar surface area (TPSA) is 0 Å². The number of rotatable bonds is 2. The maximum atomic E-state index is 2.55. The highest BCUT2D eigenvalue weighted by atomic mass is 14.5. The van der Waals surface area contributed by atoms with E-state index in [9.17, 15) is 0 Å². The number of allylic oxidation sites excluding steroid dienone is 4. The van der Waals surface area contributed by atoms with Crippen molar-refractivity contribution in [3.05, 3.63) is 22.8 Å². The van der Waals surface area contributed by atoms with Gasteiger partial charge in [0.15, 0.2) is 0 Å². The van der Waals surface area contributed by atoms with Gasteiger partial charge < -0.3 is 0 Å². The van der Waals surface area contributed by atoms with E-state index in [-0.39, 0.29) is 0 Å². The summed E-state index contributed by atoms with van der Waals surface area (Å²) < 4.78 is 0. The minimum absolute atomic E-state index is 0.448. The molecule has 2 rings (SSSR count). The average Bonchev–Trinajstić information content (AvgIpc) is 2.54. The fourth-order valence-corrected chi connectivity index (χ4v) is 4.76. The molecule has 2 atom stereocenters. The fraction of sp³-hybridized carbons (Fsp3) is 0.833. The van der Waals surface area contributed by atoms with Crippen LogP contribution in [0.5, 0.6) is 0 Å². The van der Waals surface area contributed by atoms with E-state index >= 15 is 0 Å². The number of hydrogen-bond donors (Lipinski definition) is 0. The van der Waals surface area contributed by atoms with E-state index in [1.807, 2.05) is 27.7 Å². The minimum atomic E-state index is 0.448. The molecular weight excluding hydrogens is 288 g/mol. The first-order chi connectivity index (χ1) is 11.2. The Kier molecular flexibility index (Phi) is 9.62. The van der Waals surface area contributed by atoms with Crippen molar-refractivity contribution < 1.29 is 0 Å². The predicted molar refractivity (Wildman–Crippen MR) is 112 cm³/mol. The van der Waals surface area contributed by atoms with E-state index < -0.39 is 0 Å². The maximum absolute atomic E-state index is 2.55. The highest BCUT2D eigenvalue weighted by molar-refractivity contribution is 5.35. The monoisotopic (exact) mass is 334 g/mol. The molecule has 0 nitrogen and oxygen atoms in total. The smallest absolute Gasteiger partial charge is 0.00799 e. The van der Waals surface area contributed by atoms with Crippen LogP contribution in [0.25, 0.3) is 0 Å². The molecule has 0 aromatic carbocycles. The van der Waals surface area contributed by atoms with Gasteiger partial charge in [-0.2, -0.15) is 0 Å². The summed E-state index contributed by atoms with van der Waals surface area (Å²) in [7, 11) is 0. The molecule has 2 aliphatic carbocycles. The summed E-state index contributed by atoms with van der Waals surface area (Å²) in [6.45, 7) is 24.9. The molecule has 2 unspecified atom stereocenters. The molecule has 0 aromatic heterocycles. The van der Waals surface area contributed by atoms with Crippen LogP contribution in [-0.4, -0.2) is 0 Å². The molecule has 0 radical (unpaired) electrons. The van der Waals surface area contributed by atoms with Crippen molar-refractivity contribution in [2.75, 3.05) is 0 Å². The molecule has 0 heterocycles. The second-order valence-corrected chi connectivity index (χ2v) is 8.54. The lowest BCUT2D eigenvalue weighted by Crippen LogP contribution is -2.45. The molecule has 2 aliphatic rings. The van der Waals surface area contributed by atoms with E-state index in [1.165, 1.54) is 37.7 Å². The van der Waals surface area contributed by atoms with Crippen molar-refractivity contribution in [2.24, 2.45) is 22.7 Å². The molecule has 142 valence electrons. The molecule has 24 heavy (non-hydrogen) atoms. The molecule has 0 aromatic rings. The van der Waals surface area contributed by atoms with Gasteiger partial charge in [-0.25, -0.2) is 0 Å². The maximum Gasteiger partial charge on any atom is -0.00799 e. The first-order valence-corrected chi connectivity index (χ1v) is 10.6. The molecule has 1 fully saturated rings. The Morgan fingerprint density at radius 1 is 1.04 bits per heavy atom. The lowest BCUT2D eigenvalue weighted by molar-refractivity contribution is 0.0134. The lowest BCUT2D eigenvalue weighted by Gasteiger charge is -2.54. The van der Waals surface area contributed by atoms with Crippen molar-refractivity contribution in [1.82, 2.24) is 0 Å². The van der Waals surface area contributed by atoms with Crippen molar-refractivity contribution in [3.63, 3.8) is 0 Å². The Hall–Kier alpha value is -0.520. The van der Waals surface area contributed by atoms with Gasteiger partial charge in [-0.3, -0.25) is 0 Å². The highest BCUT2D eigenvalue weighted by Crippen LogP contribution is 2.59. The van der Waals surface area contributed by atoms with Crippen LogP contribution in [0.15, 0.2) is 22.8 Å². The number of fused-ring (bicyclic) bond motifs is 1. The van der Waals surface area contributed by atoms with Crippen LogP contribution in [0.3, 0.4) is 0 Å². The van der Waals surface area contributed by atoms with Crippen molar-refractivity contribution in [2.45, 2.75) is 108 Å². The second-order valence-electron chi connectivity index (χ2n) is 8.54. The molecule has 0 heteroatoms. The van der Waals surface area contributed by atoms with E-state index in [2.05, 4.69) is 54.5 Å². The Morgan fingerprint density at radius 2 is 1.58 bits per heavy atom. The van der Waals surface area contributed by atoms with Gasteiger partial charge in [-0.1, -0.05) is 86.0 Å². The largest absolute Gasteiger partial charge is 0.0705 e. The molecule has 0 N–H and O–H groups in total. The third-order valence-corrected chi connectivity index (χ3v) is 6.58. The van der Waals surface area contributed by atoms with Crippen LogP contribution in [0, 0.1) is 22.7 Å². The average molecular weight is 335 g/mol. The van der Waals surface area contributed by atoms with Crippen LogP contribution in [0.1, 0.15) is 108 Å². The molecule has 0 saturated heterocycles. The Bertz CT molecular complexity index is 433. The zero-order valence-corrected chi connectivity index (χ0v) is 18.8. The first kappa shape index (κ1) is 23.5. The van der Waals surface area contributed by atoms with E-state index in [0.717, 1.165) is 5.92 Å². The van der Waals surface area contributed by atoms with Gasteiger partial charge in [-0.15, -0.1) is 0 Å². The fourth-order valence-electron chi connectivity index (χ4n) is 4.76. The lowest BCUT2D eigenvalue weighted by atomic mass is 9.50. The normalized spacial score (nSPS) is 29.2. The summed E-state index contributed by atoms with van der Waals surface area (Å²) >= 11 is 0. The van der Waals surface area contributed by atoms with Crippen LogP contribution >= 0.6 is 0 Å². The SMILES string of the molecule is CC.CC.CC1=C(/C=C(\C)C(C)C)CCC2C(C)(C)CCCC12C. The standard InChI is InChI=1S/C20H34.2C2H6/c1-14(2)15(3)13-17-9-10-18-19(5,6)11-8-12-20(18,7)16(17)4;2*1-2/h13-14,18H,8-12H2,1-7H3;2*1-2H3/b15-13+;;. The Morgan fingerprint density at radius 3 is 2.08 bits per heavy atom. The molecule has 0 amide bonds. The van der Waals surface area contributed by atoms with Crippen LogP contribution < -0.4 is 0 Å². The number of hydrogen-bond acceptors (Lipinski definition) is 0.